The number of nitrogens with zero attached hydrogens (tertiary/aromatic N) is 1. The number of hydrogen-bond acceptors (Lipinski definition) is 1. The molecule has 2 aromatic rings. The average Bonchev–Trinajstić information content (AvgIpc) is 3.31. The number of benzene rings is 1. The molecule has 1 aliphatic carbocycles. The van der Waals surface area contributed by atoms with E-state index in [-0.39, 0.29) is 11.3 Å². The van der Waals surface area contributed by atoms with Crippen LogP contribution in [-0.4, -0.2) is 10.5 Å². The summed E-state index contributed by atoms with van der Waals surface area (Å²) in [7, 11) is 0. The Morgan fingerprint density at radius 3 is 2.24 bits per heavy atom. The van der Waals surface area contributed by atoms with Crippen molar-refractivity contribution in [2.45, 2.75) is 71.8 Å². The Balaban J connectivity index is 2.20. The van der Waals surface area contributed by atoms with Crippen molar-refractivity contribution in [2.75, 3.05) is 0 Å². The van der Waals surface area contributed by atoms with Gasteiger partial charge in [-0.05, 0) is 42.7 Å². The molecule has 1 aromatic heterocycles. The first-order chi connectivity index (χ1) is 11.8. The molecule has 1 amide bonds. The summed E-state index contributed by atoms with van der Waals surface area (Å²) in [5.74, 6) is -0.316. The van der Waals surface area contributed by atoms with Crippen molar-refractivity contribution in [3.05, 3.63) is 46.8 Å². The minimum Gasteiger partial charge on any atom is -0.366 e. The Bertz CT molecular complexity index is 787. The van der Waals surface area contributed by atoms with E-state index in [0.29, 0.717) is 11.6 Å². The van der Waals surface area contributed by atoms with Gasteiger partial charge >= 0.3 is 0 Å². The van der Waals surface area contributed by atoms with Crippen LogP contribution in [0.5, 0.6) is 0 Å². The highest BCUT2D eigenvalue weighted by atomic mass is 16.1. The molecule has 0 spiro atoms. The van der Waals surface area contributed by atoms with Crippen LogP contribution in [0.15, 0.2) is 24.3 Å². The van der Waals surface area contributed by atoms with Gasteiger partial charge in [0.15, 0.2) is 0 Å². The van der Waals surface area contributed by atoms with E-state index < -0.39 is 0 Å². The van der Waals surface area contributed by atoms with Crippen molar-refractivity contribution in [1.82, 2.24) is 4.57 Å². The van der Waals surface area contributed by atoms with Crippen molar-refractivity contribution in [2.24, 2.45) is 5.73 Å². The normalized spacial score (nSPS) is 14.8. The fourth-order valence-electron chi connectivity index (χ4n) is 3.83. The highest BCUT2D eigenvalue weighted by Crippen LogP contribution is 2.43. The molecule has 0 unspecified atom stereocenters. The van der Waals surface area contributed by atoms with Crippen LogP contribution in [0.2, 0.25) is 0 Å². The summed E-state index contributed by atoms with van der Waals surface area (Å²) >= 11 is 0. The molecule has 1 aromatic carbocycles. The third kappa shape index (κ3) is 3.24. The van der Waals surface area contributed by atoms with Gasteiger partial charge in [0.1, 0.15) is 0 Å². The smallest absolute Gasteiger partial charge is 0.251 e. The predicted octanol–water partition coefficient (Wildman–Crippen LogP) is 5.15. The van der Waals surface area contributed by atoms with Crippen LogP contribution >= 0.6 is 0 Å². The van der Waals surface area contributed by atoms with E-state index in [0.717, 1.165) is 29.7 Å². The highest BCUT2D eigenvalue weighted by Gasteiger charge is 2.32. The molecule has 134 valence electrons. The van der Waals surface area contributed by atoms with Gasteiger partial charge in [0.2, 0.25) is 0 Å². The number of primary amides is 1. The monoisotopic (exact) mass is 338 g/mol. The van der Waals surface area contributed by atoms with Crippen molar-refractivity contribution in [3.63, 3.8) is 0 Å². The molecular weight excluding hydrogens is 308 g/mol. The third-order valence-electron chi connectivity index (χ3n) is 5.24. The summed E-state index contributed by atoms with van der Waals surface area (Å²) < 4.78 is 2.39. The number of aromatic nitrogens is 1. The predicted molar refractivity (Wildman–Crippen MR) is 104 cm³/mol. The molecule has 0 atom stereocenters. The first kappa shape index (κ1) is 17.8. The molecule has 3 heteroatoms. The van der Waals surface area contributed by atoms with E-state index >= 15 is 0 Å². The van der Waals surface area contributed by atoms with Crippen LogP contribution < -0.4 is 5.73 Å². The second-order valence-electron chi connectivity index (χ2n) is 8.32. The molecule has 1 aliphatic rings. The van der Waals surface area contributed by atoms with Gasteiger partial charge in [-0.15, -0.1) is 0 Å². The topological polar surface area (TPSA) is 48.0 Å². The number of carbonyl (C=O) groups excluding carboxylic acids is 1. The van der Waals surface area contributed by atoms with Crippen LogP contribution in [-0.2, 0) is 11.8 Å². The number of hydrogen-bond donors (Lipinski definition) is 1. The zero-order valence-electron chi connectivity index (χ0n) is 16.1. The minimum absolute atomic E-state index is 0.118. The van der Waals surface area contributed by atoms with E-state index in [9.17, 15) is 4.79 Å². The fourth-order valence-corrected chi connectivity index (χ4v) is 3.83. The molecule has 1 saturated carbocycles. The SMILES string of the molecule is CCCc1c(-c2ccc(C(C)(C)C)cc2)c(C(N)=O)c(C)n1C1CC1. The van der Waals surface area contributed by atoms with Crippen molar-refractivity contribution < 1.29 is 4.79 Å². The quantitative estimate of drug-likeness (QED) is 0.805. The third-order valence-corrected chi connectivity index (χ3v) is 5.24. The van der Waals surface area contributed by atoms with E-state index in [2.05, 4.69) is 56.5 Å². The van der Waals surface area contributed by atoms with Gasteiger partial charge in [-0.25, -0.2) is 0 Å². The second-order valence-corrected chi connectivity index (χ2v) is 8.32. The lowest BCUT2D eigenvalue weighted by atomic mass is 9.86. The average molecular weight is 338 g/mol. The second kappa shape index (κ2) is 6.36. The zero-order chi connectivity index (χ0) is 18.4. The molecular formula is C22H30N2O. The number of rotatable bonds is 5. The molecule has 0 radical (unpaired) electrons. The maximum absolute atomic E-state index is 12.3. The molecule has 25 heavy (non-hydrogen) atoms. The Hall–Kier alpha value is -2.03. The molecule has 3 nitrogen and oxygen atoms in total. The van der Waals surface area contributed by atoms with Crippen LogP contribution in [0.1, 0.15) is 80.3 Å². The van der Waals surface area contributed by atoms with Crippen LogP contribution in [0.3, 0.4) is 0 Å². The van der Waals surface area contributed by atoms with E-state index in [1.807, 2.05) is 6.92 Å². The lowest BCUT2D eigenvalue weighted by Gasteiger charge is -2.19. The molecule has 1 fully saturated rings. The molecule has 2 N–H and O–H groups in total. The molecule has 3 rings (SSSR count). The maximum Gasteiger partial charge on any atom is 0.251 e. The van der Waals surface area contributed by atoms with Gasteiger partial charge < -0.3 is 10.3 Å². The standard InChI is InChI=1S/C22H30N2O/c1-6-7-18-20(15-8-10-16(11-9-15)22(3,4)5)19(21(23)25)14(2)24(18)17-12-13-17/h8-11,17H,6-7,12-13H2,1-5H3,(H2,23,25). The lowest BCUT2D eigenvalue weighted by Crippen LogP contribution is -2.13. The zero-order valence-corrected chi connectivity index (χ0v) is 16.1. The van der Waals surface area contributed by atoms with Gasteiger partial charge in [0.05, 0.1) is 5.56 Å². The fraction of sp³-hybridized carbons (Fsp3) is 0.500. The van der Waals surface area contributed by atoms with Gasteiger partial charge in [-0.1, -0.05) is 58.4 Å². The maximum atomic E-state index is 12.3. The first-order valence-corrected chi connectivity index (χ1v) is 9.40. The summed E-state index contributed by atoms with van der Waals surface area (Å²) in [5, 5.41) is 0. The summed E-state index contributed by atoms with van der Waals surface area (Å²) in [5.41, 5.74) is 12.4. The largest absolute Gasteiger partial charge is 0.366 e. The highest BCUT2D eigenvalue weighted by molar-refractivity contribution is 6.02. The van der Waals surface area contributed by atoms with E-state index in [4.69, 9.17) is 5.73 Å². The Morgan fingerprint density at radius 2 is 1.80 bits per heavy atom. The van der Waals surface area contributed by atoms with Crippen molar-refractivity contribution in [1.29, 1.82) is 0 Å². The van der Waals surface area contributed by atoms with Crippen LogP contribution in [0, 0.1) is 6.92 Å². The van der Waals surface area contributed by atoms with Crippen LogP contribution in [0.25, 0.3) is 11.1 Å². The summed E-state index contributed by atoms with van der Waals surface area (Å²) in [4.78, 5) is 12.3. The number of carbonyl (C=O) groups is 1. The Labute approximate surface area is 151 Å². The van der Waals surface area contributed by atoms with Crippen LogP contribution in [0.4, 0.5) is 0 Å². The molecule has 0 saturated heterocycles. The van der Waals surface area contributed by atoms with E-state index in [1.165, 1.54) is 24.1 Å². The van der Waals surface area contributed by atoms with Gasteiger partial charge in [-0.2, -0.15) is 0 Å². The van der Waals surface area contributed by atoms with Crippen molar-refractivity contribution in [3.8, 4) is 11.1 Å². The number of nitrogens with two attached hydrogens (primary N) is 1. The van der Waals surface area contributed by atoms with E-state index in [1.54, 1.807) is 0 Å². The lowest BCUT2D eigenvalue weighted by molar-refractivity contribution is 0.1000. The molecule has 0 bridgehead atoms. The molecule has 0 aliphatic heterocycles. The van der Waals surface area contributed by atoms with Gasteiger partial charge in [0.25, 0.3) is 5.91 Å². The minimum atomic E-state index is -0.316. The number of amides is 1. The van der Waals surface area contributed by atoms with Gasteiger partial charge in [-0.3, -0.25) is 4.79 Å². The summed E-state index contributed by atoms with van der Waals surface area (Å²) in [6, 6.07) is 9.21. The summed E-state index contributed by atoms with van der Waals surface area (Å²) in [6.45, 7) is 10.9. The Kier molecular flexibility index (Phi) is 4.52. The Morgan fingerprint density at radius 1 is 1.20 bits per heavy atom. The van der Waals surface area contributed by atoms with Crippen molar-refractivity contribution >= 4 is 5.91 Å². The molecule has 1 heterocycles. The first-order valence-electron chi connectivity index (χ1n) is 9.40. The summed E-state index contributed by atoms with van der Waals surface area (Å²) in [6.07, 6.45) is 4.43. The van der Waals surface area contributed by atoms with Gasteiger partial charge in [0, 0.05) is 23.0 Å².